The van der Waals surface area contributed by atoms with Crippen LogP contribution in [0.2, 0.25) is 5.02 Å². The molecule has 2 fully saturated rings. The number of amides is 1. The molecular formula is C38H43ClF2N2O7. The number of carbonyl (C=O) groups is 2. The number of hydrogen-bond donors (Lipinski definition) is 0. The minimum absolute atomic E-state index is 0.0188. The van der Waals surface area contributed by atoms with Crippen LogP contribution in [0, 0.1) is 11.6 Å². The Bertz CT molecular complexity index is 1730. The lowest BCUT2D eigenvalue weighted by atomic mass is 9.79. The van der Waals surface area contributed by atoms with E-state index in [0.29, 0.717) is 31.6 Å². The molecule has 268 valence electrons. The minimum Gasteiger partial charge on any atom is -0.480 e. The molecule has 1 unspecified atom stereocenters. The van der Waals surface area contributed by atoms with E-state index in [1.54, 1.807) is 32.6 Å². The van der Waals surface area contributed by atoms with E-state index in [0.717, 1.165) is 24.8 Å². The number of aromatic nitrogens is 1. The summed E-state index contributed by atoms with van der Waals surface area (Å²) >= 11 is 6.73. The molecule has 0 saturated carbocycles. The van der Waals surface area contributed by atoms with Crippen molar-refractivity contribution in [2.45, 2.75) is 96.2 Å². The quantitative estimate of drug-likeness (QED) is 0.153. The summed E-state index contributed by atoms with van der Waals surface area (Å²) in [6.45, 7) is 8.18. The van der Waals surface area contributed by atoms with Crippen LogP contribution in [0.3, 0.4) is 0 Å². The molecule has 0 aliphatic carbocycles. The Morgan fingerprint density at radius 1 is 1.08 bits per heavy atom. The van der Waals surface area contributed by atoms with Crippen molar-refractivity contribution in [1.82, 2.24) is 9.88 Å². The van der Waals surface area contributed by atoms with Gasteiger partial charge in [-0.2, -0.15) is 0 Å². The highest BCUT2D eigenvalue weighted by Crippen LogP contribution is 2.53. The fraction of sp³-hybridized carbons (Fsp3) is 0.500. The topological polar surface area (TPSA) is 96.4 Å². The van der Waals surface area contributed by atoms with Crippen molar-refractivity contribution in [2.24, 2.45) is 0 Å². The molecular weight excluding hydrogens is 670 g/mol. The maximum absolute atomic E-state index is 16.7. The molecule has 6 rings (SSSR count). The van der Waals surface area contributed by atoms with Crippen LogP contribution in [0.15, 0.2) is 42.6 Å². The van der Waals surface area contributed by atoms with Gasteiger partial charge in [0.2, 0.25) is 0 Å². The first-order valence-electron chi connectivity index (χ1n) is 17.3. The summed E-state index contributed by atoms with van der Waals surface area (Å²) in [6.07, 6.45) is 4.51. The van der Waals surface area contributed by atoms with Crippen LogP contribution >= 0.6 is 11.6 Å². The lowest BCUT2D eigenvalue weighted by molar-refractivity contribution is -0.165. The highest BCUT2D eigenvalue weighted by molar-refractivity contribution is 6.34. The van der Waals surface area contributed by atoms with Crippen LogP contribution in [0.4, 0.5) is 13.6 Å². The van der Waals surface area contributed by atoms with E-state index in [9.17, 15) is 9.59 Å². The highest BCUT2D eigenvalue weighted by Gasteiger charge is 2.54. The van der Waals surface area contributed by atoms with Crippen molar-refractivity contribution in [3.05, 3.63) is 75.9 Å². The third kappa shape index (κ3) is 7.18. The van der Waals surface area contributed by atoms with Crippen LogP contribution in [-0.2, 0) is 26.2 Å². The fourth-order valence-corrected chi connectivity index (χ4v) is 7.35. The molecule has 2 aromatic carbocycles. The maximum atomic E-state index is 16.7. The van der Waals surface area contributed by atoms with Gasteiger partial charge in [-0.3, -0.25) is 4.79 Å². The van der Waals surface area contributed by atoms with E-state index in [4.69, 9.17) is 35.3 Å². The number of hydrogen-bond acceptors (Lipinski definition) is 8. The van der Waals surface area contributed by atoms with Gasteiger partial charge in [-0.15, -0.1) is 0 Å². The largest absolute Gasteiger partial charge is 0.480 e. The second kappa shape index (κ2) is 14.8. The van der Waals surface area contributed by atoms with Crippen molar-refractivity contribution in [3.63, 3.8) is 0 Å². The normalized spacial score (nSPS) is 21.9. The first-order chi connectivity index (χ1) is 23.9. The number of pyridine rings is 1. The lowest BCUT2D eigenvalue weighted by Crippen LogP contribution is -2.53. The summed E-state index contributed by atoms with van der Waals surface area (Å²) in [6, 6.07) is 10.0. The molecule has 3 atom stereocenters. The van der Waals surface area contributed by atoms with E-state index in [-0.39, 0.29) is 65.7 Å². The second-order valence-corrected chi connectivity index (χ2v) is 14.2. The molecule has 4 heterocycles. The molecule has 2 saturated heterocycles. The summed E-state index contributed by atoms with van der Waals surface area (Å²) in [5.74, 6) is -2.47. The van der Waals surface area contributed by atoms with Crippen molar-refractivity contribution >= 4 is 23.5 Å². The minimum atomic E-state index is -1.21. The average Bonchev–Trinajstić information content (AvgIpc) is 3.74. The molecule has 0 N–H and O–H groups in total. The van der Waals surface area contributed by atoms with Gasteiger partial charge in [-0.05, 0) is 58.4 Å². The van der Waals surface area contributed by atoms with Gasteiger partial charge in [-0.1, -0.05) is 48.9 Å². The van der Waals surface area contributed by atoms with Gasteiger partial charge in [0.25, 0.3) is 5.88 Å². The zero-order valence-electron chi connectivity index (χ0n) is 28.9. The number of ketones is 1. The van der Waals surface area contributed by atoms with Gasteiger partial charge < -0.3 is 28.6 Å². The third-order valence-corrected chi connectivity index (χ3v) is 9.69. The molecule has 0 spiro atoms. The first kappa shape index (κ1) is 36.0. The Labute approximate surface area is 296 Å². The van der Waals surface area contributed by atoms with Crippen LogP contribution in [0.5, 0.6) is 11.6 Å². The lowest BCUT2D eigenvalue weighted by Gasteiger charge is -2.40. The maximum Gasteiger partial charge on any atom is 0.410 e. The Morgan fingerprint density at radius 2 is 1.86 bits per heavy atom. The molecule has 12 heteroatoms. The van der Waals surface area contributed by atoms with Gasteiger partial charge >= 0.3 is 6.09 Å². The molecule has 1 amide bonds. The van der Waals surface area contributed by atoms with E-state index in [1.165, 1.54) is 12.3 Å². The zero-order valence-corrected chi connectivity index (χ0v) is 29.6. The summed E-state index contributed by atoms with van der Waals surface area (Å²) in [5.41, 5.74) is -1.10. The highest BCUT2D eigenvalue weighted by atomic mass is 35.5. The molecule has 0 bridgehead atoms. The van der Waals surface area contributed by atoms with Gasteiger partial charge in [0.05, 0.1) is 17.7 Å². The van der Waals surface area contributed by atoms with Crippen LogP contribution < -0.4 is 9.47 Å². The molecule has 3 aliphatic rings. The Balaban J connectivity index is 1.42. The fourth-order valence-electron chi connectivity index (χ4n) is 7.09. The number of nitrogens with zero attached hydrogens (tertiary/aromatic N) is 2. The monoisotopic (exact) mass is 712 g/mol. The predicted molar refractivity (Wildman–Crippen MR) is 183 cm³/mol. The molecule has 3 aromatic rings. The predicted octanol–water partition coefficient (Wildman–Crippen LogP) is 8.42. The number of ether oxygens (including phenoxy) is 5. The van der Waals surface area contributed by atoms with E-state index in [2.05, 4.69) is 4.98 Å². The van der Waals surface area contributed by atoms with Crippen LogP contribution in [-0.4, -0.2) is 66.1 Å². The van der Waals surface area contributed by atoms with E-state index < -0.39 is 40.8 Å². The summed E-state index contributed by atoms with van der Waals surface area (Å²) in [4.78, 5) is 32.6. The standard InChI is InChI=1S/C38H43ClF2N2O7/c1-5-27(44)25-22-42-35(48-19-18-47-30-15-9-10-17-46-30)34(41)32(25)31-24-21-38(23-12-7-6-8-13-23,49-28(24)20-26(40)33(31)39)29-14-11-16-43(29)36(45)50-37(2,3)4/h6-8,12-13,20,22,29-30H,5,9-11,14-19,21H2,1-4H3/t29-,30?,38-/m0/s1. The Morgan fingerprint density at radius 3 is 2.56 bits per heavy atom. The summed E-state index contributed by atoms with van der Waals surface area (Å²) in [7, 11) is 0. The van der Waals surface area contributed by atoms with Crippen LogP contribution in [0.25, 0.3) is 11.1 Å². The van der Waals surface area contributed by atoms with E-state index in [1.807, 2.05) is 30.3 Å². The average molecular weight is 713 g/mol. The Hall–Kier alpha value is -3.80. The number of carbonyl (C=O) groups excluding carboxylic acids is 2. The first-order valence-corrected chi connectivity index (χ1v) is 17.6. The number of halogens is 3. The number of fused-ring (bicyclic) bond motifs is 1. The molecule has 1 aromatic heterocycles. The summed E-state index contributed by atoms with van der Waals surface area (Å²) < 4.78 is 62.1. The third-order valence-electron chi connectivity index (χ3n) is 9.32. The van der Waals surface area contributed by atoms with Gasteiger partial charge in [0, 0.05) is 60.5 Å². The van der Waals surface area contributed by atoms with Crippen molar-refractivity contribution in [2.75, 3.05) is 26.4 Å². The number of likely N-dealkylation sites (tertiary alicyclic amines) is 1. The SMILES string of the molecule is CCC(=O)c1cnc(OCCOC2CCCCO2)c(F)c1-c1c(Cl)c(F)cc2c1C[C@](c1ccccc1)([C@@H]1CCCN1C(=O)OC(C)(C)C)O2. The smallest absolute Gasteiger partial charge is 0.410 e. The zero-order chi connectivity index (χ0) is 35.6. The summed E-state index contributed by atoms with van der Waals surface area (Å²) in [5, 5.41) is -0.370. The van der Waals surface area contributed by atoms with Crippen molar-refractivity contribution in [1.29, 1.82) is 0 Å². The molecule has 0 radical (unpaired) electrons. The number of benzene rings is 2. The molecule has 50 heavy (non-hydrogen) atoms. The Kier molecular flexibility index (Phi) is 10.7. The van der Waals surface area contributed by atoms with E-state index >= 15 is 8.78 Å². The van der Waals surface area contributed by atoms with Gasteiger partial charge in [-0.25, -0.2) is 18.6 Å². The van der Waals surface area contributed by atoms with Gasteiger partial charge in [0.1, 0.15) is 23.8 Å². The van der Waals surface area contributed by atoms with Crippen LogP contribution in [0.1, 0.15) is 87.7 Å². The van der Waals surface area contributed by atoms with Crippen molar-refractivity contribution < 1.29 is 42.1 Å². The van der Waals surface area contributed by atoms with Gasteiger partial charge in [0.15, 0.2) is 23.5 Å². The molecule has 9 nitrogen and oxygen atoms in total. The second-order valence-electron chi connectivity index (χ2n) is 13.8. The number of Topliss-reactive ketones (excluding diaryl/α,β-unsaturated/α-hetero) is 1. The van der Waals surface area contributed by atoms with Crippen molar-refractivity contribution in [3.8, 4) is 22.8 Å². The number of rotatable bonds is 10. The molecule has 3 aliphatic heterocycles.